The van der Waals surface area contributed by atoms with Crippen LogP contribution < -0.4 is 15.4 Å². The maximum atomic E-state index is 12.1. The molecule has 0 aromatic heterocycles. The topological polar surface area (TPSA) is 96.5 Å². The molecule has 0 spiro atoms. The second-order valence-corrected chi connectivity index (χ2v) is 7.14. The van der Waals surface area contributed by atoms with Crippen LogP contribution >= 0.6 is 12.4 Å². The third-order valence-electron chi connectivity index (χ3n) is 3.63. The van der Waals surface area contributed by atoms with Gasteiger partial charge < -0.3 is 15.4 Å². The monoisotopic (exact) mass is 377 g/mol. The van der Waals surface area contributed by atoms with Gasteiger partial charge in [-0.05, 0) is 24.6 Å². The van der Waals surface area contributed by atoms with Crippen LogP contribution in [0.1, 0.15) is 19.4 Å². The molecule has 1 heterocycles. The summed E-state index contributed by atoms with van der Waals surface area (Å²) in [6.45, 7) is 5.52. The lowest BCUT2D eigenvalue weighted by Crippen LogP contribution is -2.55. The lowest BCUT2D eigenvalue weighted by molar-refractivity contribution is -0.129. The lowest BCUT2D eigenvalue weighted by atomic mass is 10.1. The maximum Gasteiger partial charge on any atom is 0.240 e. The smallest absolute Gasteiger partial charge is 0.240 e. The van der Waals surface area contributed by atoms with Crippen LogP contribution in [-0.4, -0.2) is 46.2 Å². The van der Waals surface area contributed by atoms with Gasteiger partial charge in [-0.3, -0.25) is 4.79 Å². The molecule has 0 unspecified atom stereocenters. The van der Waals surface area contributed by atoms with E-state index in [1.807, 2.05) is 6.92 Å². The SMILES string of the molecule is CCNS(=O)(=O)c1ccc(CNC(=O)[C@H]2NCCO[C@@H]2C)cc1.Cl. The van der Waals surface area contributed by atoms with Crippen LogP contribution in [0.15, 0.2) is 29.2 Å². The summed E-state index contributed by atoms with van der Waals surface area (Å²) in [5.41, 5.74) is 0.832. The first-order chi connectivity index (χ1) is 10.9. The molecular formula is C15H24ClN3O4S. The van der Waals surface area contributed by atoms with Gasteiger partial charge in [0.1, 0.15) is 6.04 Å². The Hall–Kier alpha value is -1.19. The normalized spacial score (nSPS) is 20.9. The summed E-state index contributed by atoms with van der Waals surface area (Å²) < 4.78 is 31.6. The Kier molecular flexibility index (Phi) is 8.11. The second kappa shape index (κ2) is 9.33. The zero-order chi connectivity index (χ0) is 16.9. The van der Waals surface area contributed by atoms with E-state index < -0.39 is 10.0 Å². The molecule has 1 aromatic rings. The fourth-order valence-electron chi connectivity index (χ4n) is 2.39. The Morgan fingerprint density at radius 1 is 1.33 bits per heavy atom. The van der Waals surface area contributed by atoms with E-state index in [4.69, 9.17) is 4.74 Å². The largest absolute Gasteiger partial charge is 0.375 e. The molecular weight excluding hydrogens is 354 g/mol. The second-order valence-electron chi connectivity index (χ2n) is 5.37. The Morgan fingerprint density at radius 3 is 2.58 bits per heavy atom. The van der Waals surface area contributed by atoms with Crippen molar-refractivity contribution in [2.45, 2.75) is 37.4 Å². The molecule has 1 fully saturated rings. The van der Waals surface area contributed by atoms with Crippen molar-refractivity contribution in [1.29, 1.82) is 0 Å². The number of benzene rings is 1. The van der Waals surface area contributed by atoms with E-state index in [1.165, 1.54) is 12.1 Å². The van der Waals surface area contributed by atoms with Crippen LogP contribution in [0.5, 0.6) is 0 Å². The van der Waals surface area contributed by atoms with Crippen molar-refractivity contribution in [1.82, 2.24) is 15.4 Å². The summed E-state index contributed by atoms with van der Waals surface area (Å²) in [7, 11) is -3.45. The van der Waals surface area contributed by atoms with E-state index in [0.717, 1.165) is 5.56 Å². The number of hydrogen-bond acceptors (Lipinski definition) is 5. The first-order valence-electron chi connectivity index (χ1n) is 7.65. The highest BCUT2D eigenvalue weighted by molar-refractivity contribution is 7.89. The number of nitrogens with one attached hydrogen (secondary N) is 3. The minimum absolute atomic E-state index is 0. The summed E-state index contributed by atoms with van der Waals surface area (Å²) in [5, 5.41) is 5.96. The first kappa shape index (κ1) is 20.9. The highest BCUT2D eigenvalue weighted by atomic mass is 35.5. The average Bonchev–Trinajstić information content (AvgIpc) is 2.53. The number of hydrogen-bond donors (Lipinski definition) is 3. The van der Waals surface area contributed by atoms with Crippen molar-refractivity contribution in [2.75, 3.05) is 19.7 Å². The minimum Gasteiger partial charge on any atom is -0.375 e. The van der Waals surface area contributed by atoms with Crippen LogP contribution in [0.2, 0.25) is 0 Å². The molecule has 24 heavy (non-hydrogen) atoms. The lowest BCUT2D eigenvalue weighted by Gasteiger charge is -2.29. The number of sulfonamides is 1. The molecule has 7 nitrogen and oxygen atoms in total. The van der Waals surface area contributed by atoms with Gasteiger partial charge in [0.15, 0.2) is 0 Å². The van der Waals surface area contributed by atoms with Gasteiger partial charge >= 0.3 is 0 Å². The number of amides is 1. The molecule has 1 aliphatic heterocycles. The van der Waals surface area contributed by atoms with Gasteiger partial charge in [0, 0.05) is 19.6 Å². The summed E-state index contributed by atoms with van der Waals surface area (Å²) in [6, 6.07) is 6.09. The number of ether oxygens (including phenoxy) is 1. The predicted octanol–water partition coefficient (Wildman–Crippen LogP) is 0.400. The molecule has 0 radical (unpaired) electrons. The van der Waals surface area contributed by atoms with Gasteiger partial charge in [-0.25, -0.2) is 13.1 Å². The third-order valence-corrected chi connectivity index (χ3v) is 5.20. The van der Waals surface area contributed by atoms with Crippen molar-refractivity contribution in [3.63, 3.8) is 0 Å². The fraction of sp³-hybridized carbons (Fsp3) is 0.533. The van der Waals surface area contributed by atoms with Crippen LogP contribution in [0, 0.1) is 0 Å². The summed E-state index contributed by atoms with van der Waals surface area (Å²) in [6.07, 6.45) is -0.170. The average molecular weight is 378 g/mol. The van der Waals surface area contributed by atoms with Gasteiger partial charge in [-0.1, -0.05) is 19.1 Å². The number of carbonyl (C=O) groups excluding carboxylic acids is 1. The molecule has 1 aromatic carbocycles. The van der Waals surface area contributed by atoms with Crippen LogP contribution in [0.3, 0.4) is 0 Å². The number of carbonyl (C=O) groups is 1. The molecule has 3 N–H and O–H groups in total. The molecule has 1 amide bonds. The summed E-state index contributed by atoms with van der Waals surface area (Å²) in [5.74, 6) is -0.124. The maximum absolute atomic E-state index is 12.1. The molecule has 0 aliphatic carbocycles. The zero-order valence-electron chi connectivity index (χ0n) is 13.7. The summed E-state index contributed by atoms with van der Waals surface area (Å²) >= 11 is 0. The predicted molar refractivity (Wildman–Crippen MR) is 93.6 cm³/mol. The Morgan fingerprint density at radius 2 is 2.00 bits per heavy atom. The van der Waals surface area contributed by atoms with E-state index in [1.54, 1.807) is 19.1 Å². The Labute approximate surface area is 149 Å². The zero-order valence-corrected chi connectivity index (χ0v) is 15.4. The number of rotatable bonds is 6. The van der Waals surface area contributed by atoms with Gasteiger partial charge in [0.25, 0.3) is 0 Å². The molecule has 0 bridgehead atoms. The first-order valence-corrected chi connectivity index (χ1v) is 9.13. The molecule has 2 rings (SSSR count). The molecule has 2 atom stereocenters. The quantitative estimate of drug-likeness (QED) is 0.666. The van der Waals surface area contributed by atoms with Crippen molar-refractivity contribution in [2.24, 2.45) is 0 Å². The fourth-order valence-corrected chi connectivity index (χ4v) is 3.43. The van der Waals surface area contributed by atoms with Gasteiger partial charge in [-0.2, -0.15) is 0 Å². The molecule has 0 saturated carbocycles. The molecule has 9 heteroatoms. The highest BCUT2D eigenvalue weighted by Gasteiger charge is 2.27. The van der Waals surface area contributed by atoms with Crippen molar-refractivity contribution < 1.29 is 17.9 Å². The number of halogens is 1. The van der Waals surface area contributed by atoms with Gasteiger partial charge in [0.05, 0.1) is 17.6 Å². The Balaban J connectivity index is 0.00000288. The molecule has 1 saturated heterocycles. The summed E-state index contributed by atoms with van der Waals surface area (Å²) in [4.78, 5) is 12.3. The highest BCUT2D eigenvalue weighted by Crippen LogP contribution is 2.11. The van der Waals surface area contributed by atoms with E-state index in [2.05, 4.69) is 15.4 Å². The van der Waals surface area contributed by atoms with Crippen LogP contribution in [0.25, 0.3) is 0 Å². The van der Waals surface area contributed by atoms with Crippen molar-refractivity contribution in [3.05, 3.63) is 29.8 Å². The van der Waals surface area contributed by atoms with Gasteiger partial charge in [0.2, 0.25) is 15.9 Å². The van der Waals surface area contributed by atoms with E-state index in [9.17, 15) is 13.2 Å². The van der Waals surface area contributed by atoms with Crippen molar-refractivity contribution in [3.8, 4) is 0 Å². The number of morpholine rings is 1. The minimum atomic E-state index is -3.45. The molecule has 136 valence electrons. The van der Waals surface area contributed by atoms with Crippen LogP contribution in [-0.2, 0) is 26.1 Å². The third kappa shape index (κ3) is 5.42. The van der Waals surface area contributed by atoms with Gasteiger partial charge in [-0.15, -0.1) is 12.4 Å². The van der Waals surface area contributed by atoms with E-state index in [-0.39, 0.29) is 35.4 Å². The standard InChI is InChI=1S/C15H23N3O4S.ClH/c1-3-18-23(20,21)13-6-4-12(5-7-13)10-17-15(19)14-11(2)22-9-8-16-14;/h4-7,11,14,16,18H,3,8-10H2,1-2H3,(H,17,19);1H/t11-,14+;/m1./s1. The molecule has 1 aliphatic rings. The van der Waals surface area contributed by atoms with Crippen LogP contribution in [0.4, 0.5) is 0 Å². The van der Waals surface area contributed by atoms with E-state index >= 15 is 0 Å². The van der Waals surface area contributed by atoms with E-state index in [0.29, 0.717) is 26.2 Å². The van der Waals surface area contributed by atoms with Crippen molar-refractivity contribution >= 4 is 28.3 Å². The Bertz CT molecular complexity index is 637.